The van der Waals surface area contributed by atoms with Crippen LogP contribution in [0.1, 0.15) is 5.56 Å². The summed E-state index contributed by atoms with van der Waals surface area (Å²) in [5.41, 5.74) is 0.656. The van der Waals surface area contributed by atoms with Crippen molar-refractivity contribution >= 4 is 27.4 Å². The van der Waals surface area contributed by atoms with Crippen LogP contribution in [-0.2, 0) is 0 Å². The number of nitrogens with zero attached hydrogens (tertiary/aromatic N) is 4. The quantitative estimate of drug-likeness (QED) is 0.695. The summed E-state index contributed by atoms with van der Waals surface area (Å²) in [4.78, 5) is 4.81. The van der Waals surface area contributed by atoms with E-state index in [2.05, 4.69) is 44.5 Å². The predicted octanol–water partition coefficient (Wildman–Crippen LogP) is 3.37. The van der Waals surface area contributed by atoms with Crippen molar-refractivity contribution < 1.29 is 4.74 Å². The number of fused-ring (bicyclic) bond motifs is 1. The molecule has 2 heterocycles. The minimum atomic E-state index is 0.656. The van der Waals surface area contributed by atoms with Crippen molar-refractivity contribution in [2.75, 3.05) is 44.2 Å². The van der Waals surface area contributed by atoms with E-state index in [1.807, 2.05) is 12.1 Å². The van der Waals surface area contributed by atoms with E-state index >= 15 is 0 Å². The number of benzene rings is 2. The van der Waals surface area contributed by atoms with E-state index < -0.39 is 0 Å². The van der Waals surface area contributed by atoms with Crippen molar-refractivity contribution in [3.05, 3.63) is 54.1 Å². The molecular formula is C20H20N4OS. The minimum Gasteiger partial charge on any atom is -0.492 e. The molecule has 1 saturated heterocycles. The van der Waals surface area contributed by atoms with Crippen LogP contribution in [0.2, 0.25) is 0 Å². The van der Waals surface area contributed by atoms with Crippen LogP contribution in [0.3, 0.4) is 0 Å². The average Bonchev–Trinajstić information content (AvgIpc) is 3.13. The normalized spacial score (nSPS) is 15.1. The highest BCUT2D eigenvalue weighted by atomic mass is 32.1. The maximum absolute atomic E-state index is 8.82. The Morgan fingerprint density at radius 1 is 1.04 bits per heavy atom. The third-order valence-corrected chi connectivity index (χ3v) is 5.51. The van der Waals surface area contributed by atoms with E-state index in [1.54, 1.807) is 23.7 Å². The fraction of sp³-hybridized carbons (Fsp3) is 0.300. The molecule has 0 amide bonds. The summed E-state index contributed by atoms with van der Waals surface area (Å²) in [5, 5.41) is 10.1. The summed E-state index contributed by atoms with van der Waals surface area (Å²) in [5.74, 6) is 1.94. The maximum atomic E-state index is 8.82. The van der Waals surface area contributed by atoms with Gasteiger partial charge < -0.3 is 9.64 Å². The van der Waals surface area contributed by atoms with Gasteiger partial charge in [0.1, 0.15) is 18.2 Å². The molecule has 0 atom stereocenters. The predicted molar refractivity (Wildman–Crippen MR) is 105 cm³/mol. The summed E-state index contributed by atoms with van der Waals surface area (Å²) in [7, 11) is 0. The molecular weight excluding hydrogens is 344 g/mol. The first kappa shape index (κ1) is 16.8. The van der Waals surface area contributed by atoms with Crippen LogP contribution in [0.25, 0.3) is 10.1 Å². The molecule has 1 aromatic heterocycles. The zero-order chi connectivity index (χ0) is 17.8. The second-order valence-electron chi connectivity index (χ2n) is 6.32. The molecule has 4 rings (SSSR count). The Bertz CT molecular complexity index is 907. The second-order valence-corrected chi connectivity index (χ2v) is 7.12. The third-order valence-electron chi connectivity index (χ3n) is 4.69. The van der Waals surface area contributed by atoms with E-state index in [4.69, 9.17) is 10.00 Å². The smallest absolute Gasteiger partial charge is 0.150 e. The Labute approximate surface area is 157 Å². The van der Waals surface area contributed by atoms with E-state index in [1.165, 1.54) is 10.1 Å². The molecule has 0 aliphatic carbocycles. The van der Waals surface area contributed by atoms with Crippen molar-refractivity contribution in [2.24, 2.45) is 0 Å². The van der Waals surface area contributed by atoms with Crippen LogP contribution in [-0.4, -0.2) is 48.6 Å². The highest BCUT2D eigenvalue weighted by Gasteiger charge is 2.20. The van der Waals surface area contributed by atoms with Crippen LogP contribution in [0.4, 0.5) is 5.82 Å². The Balaban J connectivity index is 1.26. The van der Waals surface area contributed by atoms with E-state index in [0.29, 0.717) is 12.2 Å². The number of hydrogen-bond donors (Lipinski definition) is 0. The van der Waals surface area contributed by atoms with Gasteiger partial charge in [-0.05, 0) is 47.9 Å². The molecule has 1 aliphatic heterocycles. The highest BCUT2D eigenvalue weighted by molar-refractivity contribution is 7.13. The lowest BCUT2D eigenvalue weighted by Crippen LogP contribution is -2.47. The Morgan fingerprint density at radius 2 is 1.81 bits per heavy atom. The van der Waals surface area contributed by atoms with Gasteiger partial charge in [-0.15, -0.1) is 0 Å². The number of ether oxygens (including phenoxy) is 1. The molecule has 0 saturated carbocycles. The zero-order valence-corrected chi connectivity index (χ0v) is 15.3. The number of hydrogen-bond acceptors (Lipinski definition) is 6. The molecule has 6 heteroatoms. The van der Waals surface area contributed by atoms with Crippen LogP contribution < -0.4 is 9.64 Å². The minimum absolute atomic E-state index is 0.656. The lowest BCUT2D eigenvalue weighted by Gasteiger charge is -2.34. The van der Waals surface area contributed by atoms with Gasteiger partial charge in [-0.2, -0.15) is 9.64 Å². The number of anilines is 1. The Morgan fingerprint density at radius 3 is 2.58 bits per heavy atom. The fourth-order valence-electron chi connectivity index (χ4n) is 3.20. The topological polar surface area (TPSA) is 52.4 Å². The zero-order valence-electron chi connectivity index (χ0n) is 14.5. The molecule has 0 N–H and O–H groups in total. The summed E-state index contributed by atoms with van der Waals surface area (Å²) in [6.07, 6.45) is 0. The standard InChI is InChI=1S/C20H20N4OS/c21-15-16-5-7-17(8-6-16)25-14-13-23-9-11-24(12-10-23)20-18-3-1-2-4-19(18)26-22-20/h1-8H,9-14H2. The summed E-state index contributed by atoms with van der Waals surface area (Å²) in [6, 6.07) is 17.8. The third kappa shape index (κ3) is 3.64. The summed E-state index contributed by atoms with van der Waals surface area (Å²) >= 11 is 1.58. The first-order chi connectivity index (χ1) is 12.8. The number of aromatic nitrogens is 1. The summed E-state index contributed by atoms with van der Waals surface area (Å²) in [6.45, 7) is 5.58. The molecule has 0 spiro atoms. The average molecular weight is 364 g/mol. The van der Waals surface area contributed by atoms with Crippen molar-refractivity contribution in [3.8, 4) is 11.8 Å². The van der Waals surface area contributed by atoms with Gasteiger partial charge in [0.2, 0.25) is 0 Å². The molecule has 2 aromatic carbocycles. The Kier molecular flexibility index (Phi) is 5.00. The maximum Gasteiger partial charge on any atom is 0.150 e. The molecule has 26 heavy (non-hydrogen) atoms. The van der Waals surface area contributed by atoms with Gasteiger partial charge in [-0.1, -0.05) is 12.1 Å². The van der Waals surface area contributed by atoms with Crippen LogP contribution in [0.5, 0.6) is 5.75 Å². The lowest BCUT2D eigenvalue weighted by atomic mass is 10.2. The molecule has 132 valence electrons. The molecule has 5 nitrogen and oxygen atoms in total. The Hall–Kier alpha value is -2.62. The number of rotatable bonds is 5. The summed E-state index contributed by atoms with van der Waals surface area (Å²) < 4.78 is 11.7. The lowest BCUT2D eigenvalue weighted by molar-refractivity contribution is 0.200. The molecule has 0 radical (unpaired) electrons. The molecule has 3 aromatic rings. The SMILES string of the molecule is N#Cc1ccc(OCCN2CCN(c3nsc4ccccc34)CC2)cc1. The first-order valence-electron chi connectivity index (χ1n) is 8.78. The van der Waals surface area contributed by atoms with Crippen LogP contribution >= 0.6 is 11.5 Å². The fourth-order valence-corrected chi connectivity index (χ4v) is 4.00. The van der Waals surface area contributed by atoms with Crippen LogP contribution in [0.15, 0.2) is 48.5 Å². The monoisotopic (exact) mass is 364 g/mol. The van der Waals surface area contributed by atoms with Gasteiger partial charge in [0, 0.05) is 38.1 Å². The van der Waals surface area contributed by atoms with E-state index in [-0.39, 0.29) is 0 Å². The van der Waals surface area contributed by atoms with Gasteiger partial charge in [-0.3, -0.25) is 4.90 Å². The van der Waals surface area contributed by atoms with Crippen molar-refractivity contribution in [3.63, 3.8) is 0 Å². The molecule has 1 aliphatic rings. The number of piperazine rings is 1. The molecule has 1 fully saturated rings. The van der Waals surface area contributed by atoms with Gasteiger partial charge in [-0.25, -0.2) is 0 Å². The van der Waals surface area contributed by atoms with Gasteiger partial charge >= 0.3 is 0 Å². The van der Waals surface area contributed by atoms with Crippen molar-refractivity contribution in [1.29, 1.82) is 5.26 Å². The number of nitriles is 1. The van der Waals surface area contributed by atoms with Crippen molar-refractivity contribution in [1.82, 2.24) is 9.27 Å². The highest BCUT2D eigenvalue weighted by Crippen LogP contribution is 2.29. The van der Waals surface area contributed by atoms with E-state index in [0.717, 1.165) is 44.3 Å². The van der Waals surface area contributed by atoms with Gasteiger partial charge in [0.25, 0.3) is 0 Å². The molecule has 0 unspecified atom stereocenters. The van der Waals surface area contributed by atoms with E-state index in [9.17, 15) is 0 Å². The van der Waals surface area contributed by atoms with Gasteiger partial charge in [0.15, 0.2) is 0 Å². The van der Waals surface area contributed by atoms with Crippen molar-refractivity contribution in [2.45, 2.75) is 0 Å². The van der Waals surface area contributed by atoms with Gasteiger partial charge in [0.05, 0.1) is 16.3 Å². The largest absolute Gasteiger partial charge is 0.492 e. The molecule has 0 bridgehead atoms. The first-order valence-corrected chi connectivity index (χ1v) is 9.55. The van der Waals surface area contributed by atoms with Crippen LogP contribution in [0, 0.1) is 11.3 Å². The second kappa shape index (κ2) is 7.73.